The molecule has 0 aromatic heterocycles. The average Bonchev–Trinajstić information content (AvgIpc) is 2.83. The van der Waals surface area contributed by atoms with Gasteiger partial charge in [0.2, 0.25) is 0 Å². The summed E-state index contributed by atoms with van der Waals surface area (Å²) in [6.45, 7) is 9.84. The lowest BCUT2D eigenvalue weighted by atomic mass is 10.2. The molecule has 106 valence electrons. The molecule has 1 aliphatic heterocycles. The van der Waals surface area contributed by atoms with Gasteiger partial charge in [-0.1, -0.05) is 35.8 Å². The summed E-state index contributed by atoms with van der Waals surface area (Å²) in [6, 6.07) is 5.64. The van der Waals surface area contributed by atoms with E-state index in [4.69, 9.17) is 0 Å². The monoisotopic (exact) mass is 328 g/mol. The fourth-order valence-corrected chi connectivity index (χ4v) is 3.36. The maximum absolute atomic E-state index is 13.1. The SMILES string of the molecule is CCN(CC)C1CCN(Cc2ccc(F)cc2Br)C1. The van der Waals surface area contributed by atoms with Crippen LogP contribution in [0.5, 0.6) is 0 Å². The lowest BCUT2D eigenvalue weighted by Crippen LogP contribution is -2.37. The number of rotatable bonds is 5. The van der Waals surface area contributed by atoms with Crippen molar-refractivity contribution in [3.05, 3.63) is 34.1 Å². The quantitative estimate of drug-likeness (QED) is 0.816. The van der Waals surface area contributed by atoms with Gasteiger partial charge in [-0.05, 0) is 37.2 Å². The highest BCUT2D eigenvalue weighted by molar-refractivity contribution is 9.10. The van der Waals surface area contributed by atoms with Crippen molar-refractivity contribution in [2.45, 2.75) is 32.9 Å². The Morgan fingerprint density at radius 1 is 1.37 bits per heavy atom. The molecule has 1 unspecified atom stereocenters. The number of benzene rings is 1. The molecule has 0 radical (unpaired) electrons. The maximum Gasteiger partial charge on any atom is 0.124 e. The molecule has 2 nitrogen and oxygen atoms in total. The minimum atomic E-state index is -0.182. The summed E-state index contributed by atoms with van der Waals surface area (Å²) in [5.41, 5.74) is 1.17. The van der Waals surface area contributed by atoms with E-state index in [2.05, 4.69) is 39.6 Å². The van der Waals surface area contributed by atoms with Crippen LogP contribution >= 0.6 is 15.9 Å². The van der Waals surface area contributed by atoms with Crippen LogP contribution < -0.4 is 0 Å². The van der Waals surface area contributed by atoms with E-state index in [1.54, 1.807) is 6.07 Å². The molecule has 1 saturated heterocycles. The third-order valence-electron chi connectivity index (χ3n) is 3.99. The zero-order valence-electron chi connectivity index (χ0n) is 11.7. The maximum atomic E-state index is 13.1. The fraction of sp³-hybridized carbons (Fsp3) is 0.600. The van der Waals surface area contributed by atoms with Crippen LogP contribution in [0.1, 0.15) is 25.8 Å². The molecule has 0 saturated carbocycles. The van der Waals surface area contributed by atoms with Crippen LogP contribution in [0.2, 0.25) is 0 Å². The predicted molar refractivity (Wildman–Crippen MR) is 80.7 cm³/mol. The summed E-state index contributed by atoms with van der Waals surface area (Å²) in [4.78, 5) is 4.99. The number of likely N-dealkylation sites (N-methyl/N-ethyl adjacent to an activating group) is 1. The van der Waals surface area contributed by atoms with Crippen molar-refractivity contribution in [3.8, 4) is 0 Å². The van der Waals surface area contributed by atoms with Crippen molar-refractivity contribution in [1.29, 1.82) is 0 Å². The Balaban J connectivity index is 1.94. The molecule has 2 rings (SSSR count). The average molecular weight is 329 g/mol. The van der Waals surface area contributed by atoms with Gasteiger partial charge in [0.1, 0.15) is 5.82 Å². The van der Waals surface area contributed by atoms with Gasteiger partial charge in [-0.25, -0.2) is 4.39 Å². The standard InChI is InChI=1S/C15H22BrFN2/c1-3-19(4-2)14-7-8-18(11-14)10-12-5-6-13(17)9-15(12)16/h5-6,9,14H,3-4,7-8,10-11H2,1-2H3. The first-order valence-corrected chi connectivity index (χ1v) is 7.83. The van der Waals surface area contributed by atoms with Gasteiger partial charge in [-0.15, -0.1) is 0 Å². The van der Waals surface area contributed by atoms with E-state index in [9.17, 15) is 4.39 Å². The van der Waals surface area contributed by atoms with E-state index in [-0.39, 0.29) is 5.82 Å². The molecule has 0 N–H and O–H groups in total. The molecule has 19 heavy (non-hydrogen) atoms. The Kier molecular flexibility index (Phi) is 5.37. The molecular weight excluding hydrogens is 307 g/mol. The summed E-state index contributed by atoms with van der Waals surface area (Å²) in [7, 11) is 0. The van der Waals surface area contributed by atoms with Gasteiger partial charge in [0.05, 0.1) is 0 Å². The predicted octanol–water partition coefficient (Wildman–Crippen LogP) is 3.50. The Morgan fingerprint density at radius 3 is 2.74 bits per heavy atom. The third kappa shape index (κ3) is 3.77. The molecule has 1 atom stereocenters. The van der Waals surface area contributed by atoms with Crippen LogP contribution in [0.4, 0.5) is 4.39 Å². The van der Waals surface area contributed by atoms with Crippen molar-refractivity contribution in [2.75, 3.05) is 26.2 Å². The van der Waals surface area contributed by atoms with Gasteiger partial charge in [0.15, 0.2) is 0 Å². The van der Waals surface area contributed by atoms with Gasteiger partial charge in [-0.2, -0.15) is 0 Å². The second-order valence-corrected chi connectivity index (χ2v) is 5.99. The fourth-order valence-electron chi connectivity index (χ4n) is 2.88. The first-order valence-electron chi connectivity index (χ1n) is 7.04. The molecule has 1 fully saturated rings. The number of likely N-dealkylation sites (tertiary alicyclic amines) is 1. The second-order valence-electron chi connectivity index (χ2n) is 5.13. The summed E-state index contributed by atoms with van der Waals surface area (Å²) >= 11 is 3.45. The smallest absolute Gasteiger partial charge is 0.124 e. The Morgan fingerprint density at radius 2 is 2.11 bits per heavy atom. The highest BCUT2D eigenvalue weighted by atomic mass is 79.9. The van der Waals surface area contributed by atoms with Crippen LogP contribution in [-0.2, 0) is 6.54 Å². The van der Waals surface area contributed by atoms with Gasteiger partial charge in [0, 0.05) is 30.1 Å². The molecule has 0 amide bonds. The molecule has 1 aromatic rings. The Labute approximate surface area is 123 Å². The van der Waals surface area contributed by atoms with Crippen molar-refractivity contribution < 1.29 is 4.39 Å². The van der Waals surface area contributed by atoms with Crippen molar-refractivity contribution in [3.63, 3.8) is 0 Å². The van der Waals surface area contributed by atoms with E-state index >= 15 is 0 Å². The number of halogens is 2. The summed E-state index contributed by atoms with van der Waals surface area (Å²) in [5.74, 6) is -0.182. The van der Waals surface area contributed by atoms with Gasteiger partial charge in [-0.3, -0.25) is 9.80 Å². The summed E-state index contributed by atoms with van der Waals surface area (Å²) in [5, 5.41) is 0. The van der Waals surface area contributed by atoms with E-state index in [0.29, 0.717) is 6.04 Å². The zero-order valence-corrected chi connectivity index (χ0v) is 13.3. The molecule has 0 aliphatic carbocycles. The zero-order chi connectivity index (χ0) is 13.8. The highest BCUT2D eigenvalue weighted by Gasteiger charge is 2.26. The molecule has 0 spiro atoms. The Hall–Kier alpha value is -0.450. The molecule has 4 heteroatoms. The van der Waals surface area contributed by atoms with Crippen LogP contribution in [0.15, 0.2) is 22.7 Å². The topological polar surface area (TPSA) is 6.48 Å². The summed E-state index contributed by atoms with van der Waals surface area (Å²) < 4.78 is 13.9. The second kappa shape index (κ2) is 6.82. The van der Waals surface area contributed by atoms with Crippen LogP contribution in [0.3, 0.4) is 0 Å². The summed E-state index contributed by atoms with van der Waals surface area (Å²) in [6.07, 6.45) is 1.24. The van der Waals surface area contributed by atoms with Crippen molar-refractivity contribution in [2.24, 2.45) is 0 Å². The number of nitrogens with zero attached hydrogens (tertiary/aromatic N) is 2. The first kappa shape index (κ1) is 14.9. The van der Waals surface area contributed by atoms with Gasteiger partial charge >= 0.3 is 0 Å². The lowest BCUT2D eigenvalue weighted by molar-refractivity contribution is 0.209. The minimum absolute atomic E-state index is 0.182. The van der Waals surface area contributed by atoms with E-state index in [1.807, 2.05) is 6.07 Å². The Bertz CT molecular complexity index is 421. The van der Waals surface area contributed by atoms with E-state index in [0.717, 1.165) is 37.2 Å². The number of hydrogen-bond donors (Lipinski definition) is 0. The third-order valence-corrected chi connectivity index (χ3v) is 4.72. The lowest BCUT2D eigenvalue weighted by Gasteiger charge is -2.26. The van der Waals surface area contributed by atoms with Crippen LogP contribution in [-0.4, -0.2) is 42.0 Å². The molecule has 1 heterocycles. The van der Waals surface area contributed by atoms with E-state index < -0.39 is 0 Å². The van der Waals surface area contributed by atoms with Crippen LogP contribution in [0, 0.1) is 5.82 Å². The number of hydrogen-bond acceptors (Lipinski definition) is 2. The normalized spacial score (nSPS) is 20.4. The molecule has 1 aromatic carbocycles. The molecular formula is C15H22BrFN2. The first-order chi connectivity index (χ1) is 9.13. The van der Waals surface area contributed by atoms with Gasteiger partial charge in [0.25, 0.3) is 0 Å². The molecule has 1 aliphatic rings. The van der Waals surface area contributed by atoms with Crippen molar-refractivity contribution >= 4 is 15.9 Å². The van der Waals surface area contributed by atoms with E-state index in [1.165, 1.54) is 18.1 Å². The van der Waals surface area contributed by atoms with Crippen molar-refractivity contribution in [1.82, 2.24) is 9.80 Å². The minimum Gasteiger partial charge on any atom is -0.300 e. The largest absolute Gasteiger partial charge is 0.300 e. The van der Waals surface area contributed by atoms with Crippen LogP contribution in [0.25, 0.3) is 0 Å². The highest BCUT2D eigenvalue weighted by Crippen LogP contribution is 2.23. The molecule has 0 bridgehead atoms. The van der Waals surface area contributed by atoms with Gasteiger partial charge < -0.3 is 0 Å².